The van der Waals surface area contributed by atoms with E-state index in [-0.39, 0.29) is 28.2 Å². The highest BCUT2D eigenvalue weighted by atomic mass is 35.5. The maximum atomic E-state index is 12.6. The molecule has 5 nitrogen and oxygen atoms in total. The van der Waals surface area contributed by atoms with E-state index in [9.17, 15) is 9.59 Å². The van der Waals surface area contributed by atoms with Crippen LogP contribution in [0.2, 0.25) is 0 Å². The van der Waals surface area contributed by atoms with Crippen molar-refractivity contribution < 1.29 is 4.79 Å². The van der Waals surface area contributed by atoms with Crippen molar-refractivity contribution in [1.29, 1.82) is 0 Å². The molecule has 2 atom stereocenters. The van der Waals surface area contributed by atoms with Gasteiger partial charge >= 0.3 is 0 Å². The summed E-state index contributed by atoms with van der Waals surface area (Å²) in [6, 6.07) is 7.27. The van der Waals surface area contributed by atoms with Gasteiger partial charge in [0.1, 0.15) is 6.54 Å². The summed E-state index contributed by atoms with van der Waals surface area (Å²) in [6.45, 7) is 0.821. The molecular formula is C21H24ClN3O2. The van der Waals surface area contributed by atoms with E-state index in [2.05, 4.69) is 10.4 Å². The Labute approximate surface area is 163 Å². The van der Waals surface area contributed by atoms with E-state index >= 15 is 0 Å². The first kappa shape index (κ1) is 17.2. The normalized spacial score (nSPS) is 34.1. The zero-order valence-electron chi connectivity index (χ0n) is 15.3. The maximum Gasteiger partial charge on any atom is 0.241 e. The average molecular weight is 386 g/mol. The number of benzene rings is 1. The second-order valence-electron chi connectivity index (χ2n) is 9.07. The molecule has 142 valence electrons. The van der Waals surface area contributed by atoms with E-state index in [4.69, 9.17) is 11.6 Å². The van der Waals surface area contributed by atoms with Crippen molar-refractivity contribution >= 4 is 28.4 Å². The first-order valence-corrected chi connectivity index (χ1v) is 10.2. The summed E-state index contributed by atoms with van der Waals surface area (Å²) in [4.78, 5) is 24.5. The number of amides is 1. The minimum Gasteiger partial charge on any atom is -0.354 e. The number of para-hydroxylation sites is 1. The quantitative estimate of drug-likeness (QED) is 0.822. The van der Waals surface area contributed by atoms with Crippen molar-refractivity contribution in [2.75, 3.05) is 6.54 Å². The van der Waals surface area contributed by atoms with Crippen LogP contribution in [0, 0.1) is 17.3 Å². The maximum absolute atomic E-state index is 12.6. The highest BCUT2D eigenvalue weighted by Crippen LogP contribution is 2.63. The second kappa shape index (κ2) is 6.06. The number of rotatable bonds is 4. The Balaban J connectivity index is 1.30. The molecule has 1 aromatic carbocycles. The number of carbonyl (C=O) groups excluding carboxylic acids is 1. The van der Waals surface area contributed by atoms with Crippen molar-refractivity contribution in [3.63, 3.8) is 0 Å². The first-order chi connectivity index (χ1) is 12.9. The minimum absolute atomic E-state index is 0.0364. The molecule has 0 saturated heterocycles. The number of aromatic nitrogens is 2. The molecule has 4 fully saturated rings. The van der Waals surface area contributed by atoms with Gasteiger partial charge in [0.2, 0.25) is 11.3 Å². The monoisotopic (exact) mass is 385 g/mol. The summed E-state index contributed by atoms with van der Waals surface area (Å²) in [7, 11) is 0. The largest absolute Gasteiger partial charge is 0.354 e. The van der Waals surface area contributed by atoms with Crippen LogP contribution in [0.1, 0.15) is 38.5 Å². The zero-order valence-corrected chi connectivity index (χ0v) is 16.0. The molecule has 2 unspecified atom stereocenters. The molecule has 1 amide bonds. The van der Waals surface area contributed by atoms with Gasteiger partial charge in [0.25, 0.3) is 0 Å². The molecule has 0 aliphatic heterocycles. The van der Waals surface area contributed by atoms with Crippen LogP contribution in [0.5, 0.6) is 0 Å². The Kier molecular flexibility index (Phi) is 3.87. The smallest absolute Gasteiger partial charge is 0.241 e. The van der Waals surface area contributed by atoms with Gasteiger partial charge in [-0.3, -0.25) is 14.3 Å². The third kappa shape index (κ3) is 3.06. The second-order valence-corrected chi connectivity index (χ2v) is 9.87. The van der Waals surface area contributed by atoms with Crippen LogP contribution in [0.3, 0.4) is 0 Å². The van der Waals surface area contributed by atoms with Gasteiger partial charge in [-0.05, 0) is 67.9 Å². The Bertz CT molecular complexity index is 955. The van der Waals surface area contributed by atoms with E-state index in [0.717, 1.165) is 31.1 Å². The number of halogens is 1. The molecule has 4 aliphatic carbocycles. The Hall–Kier alpha value is -1.88. The number of fused-ring (bicyclic) bond motifs is 1. The lowest BCUT2D eigenvalue weighted by Gasteiger charge is -2.60. The van der Waals surface area contributed by atoms with Crippen LogP contribution in [0.15, 0.2) is 35.3 Å². The fourth-order valence-electron chi connectivity index (χ4n) is 6.31. The summed E-state index contributed by atoms with van der Waals surface area (Å²) in [6.07, 6.45) is 8.30. The summed E-state index contributed by atoms with van der Waals surface area (Å²) >= 11 is 6.89. The Morgan fingerprint density at radius 1 is 1.22 bits per heavy atom. The van der Waals surface area contributed by atoms with Crippen LogP contribution in [-0.4, -0.2) is 27.1 Å². The molecule has 6 heteroatoms. The van der Waals surface area contributed by atoms with Gasteiger partial charge in [0, 0.05) is 16.8 Å². The van der Waals surface area contributed by atoms with E-state index in [0.29, 0.717) is 17.4 Å². The van der Waals surface area contributed by atoms with Crippen LogP contribution in [0.4, 0.5) is 0 Å². The van der Waals surface area contributed by atoms with Gasteiger partial charge in [0.05, 0.1) is 11.7 Å². The van der Waals surface area contributed by atoms with E-state index in [1.165, 1.54) is 25.5 Å². The lowest BCUT2D eigenvalue weighted by molar-refractivity contribution is -0.123. The average Bonchev–Trinajstić information content (AvgIpc) is 2.61. The number of hydrogen-bond acceptors (Lipinski definition) is 3. The van der Waals surface area contributed by atoms with Gasteiger partial charge in [-0.25, -0.2) is 0 Å². The van der Waals surface area contributed by atoms with Crippen molar-refractivity contribution in [3.8, 4) is 0 Å². The lowest BCUT2D eigenvalue weighted by Crippen LogP contribution is -2.56. The number of nitrogens with zero attached hydrogens (tertiary/aromatic N) is 2. The number of carbonyl (C=O) groups is 1. The molecule has 27 heavy (non-hydrogen) atoms. The molecular weight excluding hydrogens is 362 g/mol. The van der Waals surface area contributed by atoms with Crippen molar-refractivity contribution in [2.24, 2.45) is 17.3 Å². The van der Waals surface area contributed by atoms with Crippen molar-refractivity contribution in [3.05, 3.63) is 40.7 Å². The lowest BCUT2D eigenvalue weighted by atomic mass is 9.49. The van der Waals surface area contributed by atoms with Crippen molar-refractivity contribution in [2.45, 2.75) is 49.9 Å². The number of nitrogens with one attached hydrogen (secondary N) is 1. The number of alkyl halides is 1. The van der Waals surface area contributed by atoms with E-state index in [1.807, 2.05) is 18.2 Å². The Morgan fingerprint density at radius 2 is 1.96 bits per heavy atom. The van der Waals surface area contributed by atoms with Crippen molar-refractivity contribution in [1.82, 2.24) is 15.1 Å². The predicted octanol–water partition coefficient (Wildman–Crippen LogP) is 3.09. The molecule has 4 aliphatic rings. The summed E-state index contributed by atoms with van der Waals surface area (Å²) in [5, 5.41) is 7.89. The molecule has 4 bridgehead atoms. The SMILES string of the molecule is O=C(Cn1ncc(=O)c2ccccc21)NCC12CC3CC(CC(Cl)(C3)C1)C2. The van der Waals surface area contributed by atoms with E-state index in [1.54, 1.807) is 10.7 Å². The molecule has 4 saturated carbocycles. The van der Waals surface area contributed by atoms with Crippen LogP contribution >= 0.6 is 11.6 Å². The standard InChI is InChI=1S/C21H24ClN3O2/c22-21-8-14-5-15(9-21)7-20(6-14,12-21)13-23-19(27)11-25-17-4-2-1-3-16(17)18(26)10-24-25/h1-4,10,14-15H,5-9,11-13H2,(H,23,27). The van der Waals surface area contributed by atoms with Crippen LogP contribution in [-0.2, 0) is 11.3 Å². The van der Waals surface area contributed by atoms with Gasteiger partial charge < -0.3 is 5.32 Å². The minimum atomic E-state index is -0.122. The third-order valence-corrected chi connectivity index (χ3v) is 7.27. The Morgan fingerprint density at radius 3 is 2.70 bits per heavy atom. The predicted molar refractivity (Wildman–Crippen MR) is 105 cm³/mol. The summed E-state index contributed by atoms with van der Waals surface area (Å²) in [5.41, 5.74) is 0.735. The molecule has 0 radical (unpaired) electrons. The van der Waals surface area contributed by atoms with Gasteiger partial charge in [-0.15, -0.1) is 11.6 Å². The fraction of sp³-hybridized carbons (Fsp3) is 0.571. The van der Waals surface area contributed by atoms with Crippen LogP contribution < -0.4 is 10.7 Å². The molecule has 2 aromatic rings. The topological polar surface area (TPSA) is 64.0 Å². The van der Waals surface area contributed by atoms with Gasteiger partial charge in [-0.1, -0.05) is 12.1 Å². The third-order valence-electron chi connectivity index (χ3n) is 6.83. The zero-order chi connectivity index (χ0) is 18.6. The first-order valence-electron chi connectivity index (χ1n) is 9.84. The molecule has 1 N–H and O–H groups in total. The number of hydrogen-bond donors (Lipinski definition) is 1. The highest BCUT2D eigenvalue weighted by molar-refractivity contribution is 6.24. The summed E-state index contributed by atoms with van der Waals surface area (Å²) in [5.74, 6) is 1.39. The molecule has 6 rings (SSSR count). The summed E-state index contributed by atoms with van der Waals surface area (Å²) < 4.78 is 1.61. The fourth-order valence-corrected chi connectivity index (χ4v) is 7.03. The van der Waals surface area contributed by atoms with Gasteiger partial charge in [0.15, 0.2) is 0 Å². The van der Waals surface area contributed by atoms with E-state index < -0.39 is 0 Å². The highest BCUT2D eigenvalue weighted by Gasteiger charge is 2.56. The molecule has 0 spiro atoms. The molecule has 1 heterocycles. The van der Waals surface area contributed by atoms with Crippen LogP contribution in [0.25, 0.3) is 10.9 Å². The van der Waals surface area contributed by atoms with Gasteiger partial charge in [-0.2, -0.15) is 5.10 Å². The molecule has 1 aromatic heterocycles.